The molecule has 1 fully saturated rings. The van der Waals surface area contributed by atoms with Gasteiger partial charge < -0.3 is 61.8 Å². The van der Waals surface area contributed by atoms with Gasteiger partial charge in [-0.3, -0.25) is 58.1 Å². The number of ketones is 1. The second-order valence-electron chi connectivity index (χ2n) is 21.4. The number of urea groups is 1. The molecule has 27 nitrogen and oxygen atoms in total. The summed E-state index contributed by atoms with van der Waals surface area (Å²) in [6, 6.07) is 12.6. The number of fused-ring (bicyclic) bond motifs is 1. The molecule has 2 atom stereocenters. The van der Waals surface area contributed by atoms with Crippen LogP contribution in [0.5, 0.6) is 0 Å². The van der Waals surface area contributed by atoms with Gasteiger partial charge >= 0.3 is 35.9 Å². The van der Waals surface area contributed by atoms with Crippen LogP contribution in [0.1, 0.15) is 112 Å². The van der Waals surface area contributed by atoms with E-state index in [4.69, 9.17) is 0 Å². The maximum atomic E-state index is 14.1. The second-order valence-corrected chi connectivity index (χ2v) is 21.4. The number of pyridine rings is 1. The zero-order valence-corrected chi connectivity index (χ0v) is 49.1. The number of carboxylic acid groups (broad SMARTS) is 5. The lowest BCUT2D eigenvalue weighted by atomic mass is 10.1. The van der Waals surface area contributed by atoms with Crippen molar-refractivity contribution in [3.8, 4) is 0 Å². The van der Waals surface area contributed by atoms with Crippen LogP contribution >= 0.6 is 0 Å². The number of carboxylic acids is 5. The third kappa shape index (κ3) is 28.6. The van der Waals surface area contributed by atoms with Gasteiger partial charge in [0, 0.05) is 115 Å². The number of nitrogens with zero attached hydrogens (tertiary/aromatic N) is 6. The Bertz CT molecular complexity index is 2700. The topological polar surface area (TPSA) is 378 Å². The quantitative estimate of drug-likeness (QED) is 0.0369. The summed E-state index contributed by atoms with van der Waals surface area (Å²) in [5.74, 6) is -6.85. The van der Waals surface area contributed by atoms with Crippen molar-refractivity contribution in [3.63, 3.8) is 0 Å². The zero-order chi connectivity index (χ0) is 62.8. The fraction of sp³-hybridized carbons (Fsp3) is 0.559. The van der Waals surface area contributed by atoms with Crippen LogP contribution in [0.4, 0.5) is 4.79 Å². The first-order valence-electron chi connectivity index (χ1n) is 29.2. The van der Waals surface area contributed by atoms with E-state index in [9.17, 15) is 78.3 Å². The van der Waals surface area contributed by atoms with Gasteiger partial charge in [-0.05, 0) is 87.4 Å². The number of carbonyl (C=O) groups is 11. The number of aromatic nitrogens is 1. The minimum atomic E-state index is -1.39. The van der Waals surface area contributed by atoms with Crippen molar-refractivity contribution < 1.29 is 78.3 Å². The van der Waals surface area contributed by atoms with Crippen molar-refractivity contribution in [1.82, 2.24) is 56.1 Å². The zero-order valence-electron chi connectivity index (χ0n) is 49.1. The highest BCUT2D eigenvalue weighted by atomic mass is 16.4. The third-order valence-electron chi connectivity index (χ3n) is 14.4. The summed E-state index contributed by atoms with van der Waals surface area (Å²) in [6.45, 7) is 4.36. The van der Waals surface area contributed by atoms with Crippen LogP contribution in [0.2, 0.25) is 0 Å². The molecule has 1 aliphatic heterocycles. The lowest BCUT2D eigenvalue weighted by Gasteiger charge is -2.32. The van der Waals surface area contributed by atoms with Gasteiger partial charge in [-0.15, -0.1) is 0 Å². The van der Waals surface area contributed by atoms with Crippen molar-refractivity contribution in [2.75, 3.05) is 98.2 Å². The molecule has 2 heterocycles. The molecule has 0 saturated carbocycles. The first-order valence-corrected chi connectivity index (χ1v) is 29.2. The Morgan fingerprint density at radius 2 is 1.01 bits per heavy atom. The van der Waals surface area contributed by atoms with Crippen LogP contribution in [0.3, 0.4) is 0 Å². The maximum absolute atomic E-state index is 14.1. The van der Waals surface area contributed by atoms with Crippen LogP contribution in [0.25, 0.3) is 10.8 Å². The fourth-order valence-electron chi connectivity index (χ4n) is 9.61. The second kappa shape index (κ2) is 38.7. The van der Waals surface area contributed by atoms with E-state index in [0.29, 0.717) is 89.1 Å². The smallest absolute Gasteiger partial charge is 0.326 e. The molecule has 1 saturated heterocycles. The Labute approximate surface area is 500 Å². The van der Waals surface area contributed by atoms with Crippen molar-refractivity contribution in [1.29, 1.82) is 0 Å². The van der Waals surface area contributed by atoms with Gasteiger partial charge in [0.1, 0.15) is 17.9 Å². The molecule has 86 heavy (non-hydrogen) atoms. The van der Waals surface area contributed by atoms with E-state index in [2.05, 4.69) is 31.6 Å². The van der Waals surface area contributed by atoms with E-state index in [1.807, 2.05) is 35.2 Å². The number of benzene rings is 2. The van der Waals surface area contributed by atoms with Crippen LogP contribution in [-0.2, 0) is 56.2 Å². The van der Waals surface area contributed by atoms with E-state index in [0.717, 1.165) is 29.2 Å². The van der Waals surface area contributed by atoms with Crippen LogP contribution in [0, 0.1) is 0 Å². The minimum Gasteiger partial charge on any atom is -0.480 e. The van der Waals surface area contributed by atoms with Gasteiger partial charge in [-0.1, -0.05) is 49.2 Å². The monoisotopic (exact) mass is 1200 g/mol. The molecule has 27 heteroatoms. The summed E-state index contributed by atoms with van der Waals surface area (Å²) < 4.78 is 0. The molecule has 0 bridgehead atoms. The minimum absolute atomic E-state index is 0.0210. The highest BCUT2D eigenvalue weighted by molar-refractivity contribution is 5.95. The largest absolute Gasteiger partial charge is 0.480 e. The Balaban J connectivity index is 1.13. The number of Topliss-reactive ketones (excluding diaryl/α,β-unsaturated/α-hetero) is 1. The number of amides is 6. The Kier molecular flexibility index (Phi) is 31.7. The molecule has 6 amide bonds. The number of rotatable bonds is 37. The molecule has 1 aliphatic rings. The SMILES string of the molecule is CC(=O)CC[C@@H](NC(=O)N[C@H](CCCCN(Cc1nccc2ccccc12)C(=O)c1ccc(CNC(=O)CCCCNC(=O)CCCCCCNC(=O)CN2CCN(CC(=O)O)CCN(CC(=O)O)CCN(CC(=O)O)CC2)cc1)C(=O)O)C(=O)O. The Hall–Kier alpha value is -8.14. The lowest BCUT2D eigenvalue weighted by Crippen LogP contribution is -2.51. The Morgan fingerprint density at radius 1 is 0.523 bits per heavy atom. The summed E-state index contributed by atoms with van der Waals surface area (Å²) in [5, 5.41) is 62.6. The molecule has 0 aliphatic carbocycles. The molecular formula is C59H85N11O16. The first kappa shape index (κ1) is 70.3. The van der Waals surface area contributed by atoms with E-state index in [1.54, 1.807) is 50.1 Å². The van der Waals surface area contributed by atoms with Crippen molar-refractivity contribution >= 4 is 76.1 Å². The fourth-order valence-corrected chi connectivity index (χ4v) is 9.61. The standard InChI is InChI=1S/C59H85N11O16/c1-42(71)17-22-48(58(84)85)65-59(86)64-47(57(82)83)14-8-11-27-70(37-49-46-13-6-5-12-44(46)23-26-60-49)56(81)45-20-18-43(19-21-45)36-63-51(73)16-7-10-25-61-50(72)15-4-2-3-9-24-62-52(74)38-66-28-30-67(39-53(75)76)32-34-69(41-55(79)80)35-33-68(31-29-66)40-54(77)78/h5-6,12-13,18-21,23,26,47-48H,2-4,7-11,14-17,22,24-25,27-41H2,1H3,(H,61,72)(H,62,74)(H,63,73)(H,75,76)(H,77,78)(H,79,80)(H,82,83)(H,84,85)(H2,64,65,86)/t47-,48-/m1/s1. The summed E-state index contributed by atoms with van der Waals surface area (Å²) in [7, 11) is 0. The van der Waals surface area contributed by atoms with Gasteiger partial charge in [0.2, 0.25) is 17.7 Å². The normalized spacial score (nSPS) is 14.5. The van der Waals surface area contributed by atoms with Crippen molar-refractivity contribution in [2.45, 2.75) is 116 Å². The van der Waals surface area contributed by atoms with E-state index in [-0.39, 0.29) is 134 Å². The number of unbranched alkanes of at least 4 members (excludes halogenated alkanes) is 5. The molecule has 472 valence electrons. The van der Waals surface area contributed by atoms with Gasteiger partial charge in [0.05, 0.1) is 38.4 Å². The highest BCUT2D eigenvalue weighted by Crippen LogP contribution is 2.20. The number of hydrogen-bond donors (Lipinski definition) is 10. The Morgan fingerprint density at radius 3 is 1.56 bits per heavy atom. The molecule has 1 aromatic heterocycles. The average Bonchev–Trinajstić information content (AvgIpc) is 3.40. The molecule has 0 spiro atoms. The number of aliphatic carboxylic acids is 5. The van der Waals surface area contributed by atoms with Gasteiger partial charge in [-0.25, -0.2) is 14.4 Å². The van der Waals surface area contributed by atoms with Crippen molar-refractivity contribution in [3.05, 3.63) is 77.6 Å². The van der Waals surface area contributed by atoms with E-state index in [1.165, 1.54) is 6.92 Å². The molecule has 0 radical (unpaired) electrons. The molecule has 4 rings (SSSR count). The number of carbonyl (C=O) groups excluding carboxylic acids is 6. The summed E-state index contributed by atoms with van der Waals surface area (Å²) >= 11 is 0. The average molecular weight is 1200 g/mol. The van der Waals surface area contributed by atoms with Gasteiger partial charge in [0.15, 0.2) is 0 Å². The predicted octanol–water partition coefficient (Wildman–Crippen LogP) is 2.07. The summed E-state index contributed by atoms with van der Waals surface area (Å²) in [5.41, 5.74) is 1.79. The molecule has 0 unspecified atom stereocenters. The molecule has 2 aromatic carbocycles. The van der Waals surface area contributed by atoms with E-state index < -0.39 is 48.0 Å². The van der Waals surface area contributed by atoms with Crippen LogP contribution in [0.15, 0.2) is 60.8 Å². The molecule has 3 aromatic rings. The lowest BCUT2D eigenvalue weighted by molar-refractivity contribution is -0.140. The highest BCUT2D eigenvalue weighted by Gasteiger charge is 2.26. The summed E-state index contributed by atoms with van der Waals surface area (Å²) in [4.78, 5) is 148. The number of hydrogen-bond acceptors (Lipinski definition) is 16. The maximum Gasteiger partial charge on any atom is 0.326 e. The summed E-state index contributed by atoms with van der Waals surface area (Å²) in [6.07, 6.45) is 6.65. The molecule has 10 N–H and O–H groups in total. The van der Waals surface area contributed by atoms with Crippen LogP contribution in [-0.4, -0.2) is 231 Å². The van der Waals surface area contributed by atoms with Crippen LogP contribution < -0.4 is 26.6 Å². The van der Waals surface area contributed by atoms with Crippen molar-refractivity contribution in [2.24, 2.45) is 0 Å². The van der Waals surface area contributed by atoms with Gasteiger partial charge in [-0.2, -0.15) is 0 Å². The first-order chi connectivity index (χ1) is 41.1. The van der Waals surface area contributed by atoms with Gasteiger partial charge in [0.25, 0.3) is 5.91 Å². The third-order valence-corrected chi connectivity index (χ3v) is 14.4. The van der Waals surface area contributed by atoms with E-state index >= 15 is 0 Å². The molecular weight excluding hydrogens is 1120 g/mol. The predicted molar refractivity (Wildman–Crippen MR) is 315 cm³/mol. The number of nitrogens with one attached hydrogen (secondary N) is 5.